The molecular weight excluding hydrogens is 357 g/mol. The topological polar surface area (TPSA) is 73.1 Å². The van der Waals surface area contributed by atoms with E-state index in [0.717, 1.165) is 5.56 Å². The molecular formula is C23H15FNO3-. The van der Waals surface area contributed by atoms with E-state index in [2.05, 4.69) is 6.07 Å². The van der Waals surface area contributed by atoms with Gasteiger partial charge in [0, 0.05) is 5.56 Å². The molecule has 0 spiro atoms. The van der Waals surface area contributed by atoms with E-state index < -0.39 is 5.97 Å². The Morgan fingerprint density at radius 1 is 1.00 bits per heavy atom. The number of allylic oxidation sites excluding steroid dienone is 1. The van der Waals surface area contributed by atoms with Crippen LogP contribution in [-0.2, 0) is 6.61 Å². The number of hydrogen-bond acceptors (Lipinski definition) is 4. The lowest BCUT2D eigenvalue weighted by Crippen LogP contribution is -2.21. The van der Waals surface area contributed by atoms with Gasteiger partial charge in [-0.3, -0.25) is 0 Å². The van der Waals surface area contributed by atoms with E-state index in [-0.39, 0.29) is 18.0 Å². The zero-order valence-corrected chi connectivity index (χ0v) is 14.8. The summed E-state index contributed by atoms with van der Waals surface area (Å²) in [5.41, 5.74) is 2.51. The Bertz CT molecular complexity index is 1050. The molecule has 0 aromatic heterocycles. The second-order valence-electron chi connectivity index (χ2n) is 5.99. The maximum Gasteiger partial charge on any atom is 0.127 e. The van der Waals surface area contributed by atoms with Crippen LogP contribution in [0.4, 0.5) is 4.39 Å². The number of carboxylic acid groups (broad SMARTS) is 1. The predicted molar refractivity (Wildman–Crippen MR) is 101 cm³/mol. The summed E-state index contributed by atoms with van der Waals surface area (Å²) in [5.74, 6) is -1.00. The van der Waals surface area contributed by atoms with Crippen molar-refractivity contribution in [2.75, 3.05) is 0 Å². The smallest absolute Gasteiger partial charge is 0.127 e. The van der Waals surface area contributed by atoms with Crippen LogP contribution in [0.2, 0.25) is 0 Å². The van der Waals surface area contributed by atoms with Gasteiger partial charge in [0.15, 0.2) is 0 Å². The first-order valence-corrected chi connectivity index (χ1v) is 8.46. The highest BCUT2D eigenvalue weighted by Crippen LogP contribution is 2.25. The fraction of sp³-hybridized carbons (Fsp3) is 0.0435. The van der Waals surface area contributed by atoms with Gasteiger partial charge < -0.3 is 14.6 Å². The van der Waals surface area contributed by atoms with Crippen molar-refractivity contribution in [3.05, 3.63) is 101 Å². The van der Waals surface area contributed by atoms with Crippen LogP contribution < -0.4 is 9.84 Å². The van der Waals surface area contributed by atoms with Crippen LogP contribution in [0.3, 0.4) is 0 Å². The minimum atomic E-state index is -1.27. The number of ether oxygens (including phenoxy) is 1. The average Bonchev–Trinajstić information content (AvgIpc) is 2.72. The molecule has 0 N–H and O–H groups in total. The number of carbonyl (C=O) groups excluding carboxylic acids is 1. The molecule has 0 fully saturated rings. The third kappa shape index (κ3) is 4.63. The van der Waals surface area contributed by atoms with Crippen molar-refractivity contribution >= 4 is 17.6 Å². The van der Waals surface area contributed by atoms with Crippen molar-refractivity contribution in [3.8, 4) is 11.8 Å². The van der Waals surface area contributed by atoms with Gasteiger partial charge >= 0.3 is 0 Å². The number of rotatable bonds is 6. The standard InChI is InChI=1S/C23H16FNO3/c24-21-11-5-16(6-12-21)15-28-22-4-2-1-3-19(22)13-20(14-25)17-7-9-18(10-8-17)23(26)27/h1-13H,15H2,(H,26,27)/p-1/b20-13+. The van der Waals surface area contributed by atoms with E-state index in [1.165, 1.54) is 24.3 Å². The van der Waals surface area contributed by atoms with Crippen LogP contribution in [0.25, 0.3) is 11.6 Å². The minimum absolute atomic E-state index is 0.0454. The summed E-state index contributed by atoms with van der Waals surface area (Å²) in [4.78, 5) is 10.9. The van der Waals surface area contributed by atoms with E-state index in [0.29, 0.717) is 22.4 Å². The first kappa shape index (κ1) is 18.9. The molecule has 0 aliphatic carbocycles. The normalized spacial score (nSPS) is 10.9. The zero-order valence-electron chi connectivity index (χ0n) is 14.8. The van der Waals surface area contributed by atoms with Crippen LogP contribution in [0.1, 0.15) is 27.0 Å². The quantitative estimate of drug-likeness (QED) is 0.487. The third-order valence-corrected chi connectivity index (χ3v) is 4.08. The highest BCUT2D eigenvalue weighted by Gasteiger charge is 2.06. The van der Waals surface area contributed by atoms with Crippen molar-refractivity contribution in [1.82, 2.24) is 0 Å². The number of carboxylic acids is 1. The Morgan fingerprint density at radius 3 is 2.29 bits per heavy atom. The summed E-state index contributed by atoms with van der Waals surface area (Å²) in [7, 11) is 0. The summed E-state index contributed by atoms with van der Waals surface area (Å²) in [5, 5.41) is 20.4. The van der Waals surface area contributed by atoms with Gasteiger partial charge in [-0.25, -0.2) is 4.39 Å². The predicted octanol–water partition coefficient (Wildman–Crippen LogP) is 3.83. The maximum absolute atomic E-state index is 13.0. The van der Waals surface area contributed by atoms with E-state index in [9.17, 15) is 19.6 Å². The van der Waals surface area contributed by atoms with Crippen LogP contribution in [0.15, 0.2) is 72.8 Å². The van der Waals surface area contributed by atoms with E-state index in [1.807, 2.05) is 18.2 Å². The Hall–Kier alpha value is -3.91. The van der Waals surface area contributed by atoms with Crippen molar-refractivity contribution in [3.63, 3.8) is 0 Å². The van der Waals surface area contributed by atoms with Crippen molar-refractivity contribution in [2.45, 2.75) is 6.61 Å². The summed E-state index contributed by atoms with van der Waals surface area (Å²) in [6.07, 6.45) is 1.67. The summed E-state index contributed by atoms with van der Waals surface area (Å²) < 4.78 is 18.8. The fourth-order valence-electron chi connectivity index (χ4n) is 2.59. The summed E-state index contributed by atoms with van der Waals surface area (Å²) in [6.45, 7) is 0.257. The fourth-order valence-corrected chi connectivity index (χ4v) is 2.59. The molecule has 28 heavy (non-hydrogen) atoms. The Balaban J connectivity index is 1.84. The monoisotopic (exact) mass is 372 g/mol. The highest BCUT2D eigenvalue weighted by molar-refractivity contribution is 5.92. The van der Waals surface area contributed by atoms with Gasteiger partial charge in [-0.15, -0.1) is 0 Å². The van der Waals surface area contributed by atoms with Crippen molar-refractivity contribution in [2.24, 2.45) is 0 Å². The number of para-hydroxylation sites is 1. The number of hydrogen-bond donors (Lipinski definition) is 0. The average molecular weight is 372 g/mol. The lowest BCUT2D eigenvalue weighted by molar-refractivity contribution is -0.255. The van der Waals surface area contributed by atoms with E-state index in [1.54, 1.807) is 36.4 Å². The zero-order chi connectivity index (χ0) is 19.9. The lowest BCUT2D eigenvalue weighted by Gasteiger charge is -2.10. The van der Waals surface area contributed by atoms with E-state index in [4.69, 9.17) is 4.74 Å². The van der Waals surface area contributed by atoms with E-state index >= 15 is 0 Å². The maximum atomic E-state index is 13.0. The largest absolute Gasteiger partial charge is 0.545 e. The second kappa shape index (κ2) is 8.65. The third-order valence-electron chi connectivity index (χ3n) is 4.08. The summed E-state index contributed by atoms with van der Waals surface area (Å²) in [6, 6.07) is 21.3. The molecule has 138 valence electrons. The number of carbonyl (C=O) groups is 1. The number of halogens is 1. The molecule has 0 aliphatic heterocycles. The number of nitriles is 1. The highest BCUT2D eigenvalue weighted by atomic mass is 19.1. The molecule has 3 aromatic carbocycles. The molecule has 5 heteroatoms. The molecule has 0 heterocycles. The number of nitrogens with zero attached hydrogens (tertiary/aromatic N) is 1. The summed E-state index contributed by atoms with van der Waals surface area (Å²) >= 11 is 0. The van der Waals surface area contributed by atoms with Gasteiger partial charge in [0.1, 0.15) is 18.2 Å². The van der Waals surface area contributed by atoms with Crippen LogP contribution in [0.5, 0.6) is 5.75 Å². The Labute approximate surface area is 161 Å². The second-order valence-corrected chi connectivity index (χ2v) is 5.99. The number of aromatic carboxylic acids is 1. The SMILES string of the molecule is N#C/C(=C\c1ccccc1OCc1ccc(F)cc1)c1ccc(C(=O)[O-])cc1. The molecule has 0 bridgehead atoms. The molecule has 0 unspecified atom stereocenters. The first-order valence-electron chi connectivity index (χ1n) is 8.46. The van der Waals surface area contributed by atoms with Gasteiger partial charge in [0.2, 0.25) is 0 Å². The molecule has 3 rings (SSSR count). The van der Waals surface area contributed by atoms with Gasteiger partial charge in [-0.2, -0.15) is 5.26 Å². The number of benzene rings is 3. The lowest BCUT2D eigenvalue weighted by atomic mass is 10.0. The molecule has 0 amide bonds. The molecule has 0 aliphatic rings. The molecule has 4 nitrogen and oxygen atoms in total. The molecule has 0 radical (unpaired) electrons. The van der Waals surface area contributed by atoms with Gasteiger partial charge in [0.25, 0.3) is 0 Å². The van der Waals surface area contributed by atoms with Crippen molar-refractivity contribution in [1.29, 1.82) is 5.26 Å². The van der Waals surface area contributed by atoms with Crippen molar-refractivity contribution < 1.29 is 19.0 Å². The van der Waals surface area contributed by atoms with Gasteiger partial charge in [0.05, 0.1) is 17.6 Å². The molecule has 3 aromatic rings. The molecule has 0 saturated heterocycles. The Morgan fingerprint density at radius 2 is 1.64 bits per heavy atom. The Kier molecular flexibility index (Phi) is 5.83. The minimum Gasteiger partial charge on any atom is -0.545 e. The first-order chi connectivity index (χ1) is 13.6. The van der Waals surface area contributed by atoms with Crippen LogP contribution in [-0.4, -0.2) is 5.97 Å². The van der Waals surface area contributed by atoms with Crippen LogP contribution in [0, 0.1) is 17.1 Å². The molecule has 0 saturated carbocycles. The van der Waals surface area contributed by atoms with Gasteiger partial charge in [-0.05, 0) is 41.0 Å². The molecule has 0 atom stereocenters. The van der Waals surface area contributed by atoms with Crippen LogP contribution >= 0.6 is 0 Å². The van der Waals surface area contributed by atoms with Gasteiger partial charge in [-0.1, -0.05) is 54.6 Å².